The third kappa shape index (κ3) is 1.63. The smallest absolute Gasteiger partial charge is 0.0464 e. The zero-order valence-electron chi connectivity index (χ0n) is 10.7. The Hall–Kier alpha value is -1.28. The molecule has 16 heavy (non-hydrogen) atoms. The van der Waals surface area contributed by atoms with Crippen LogP contribution in [0.3, 0.4) is 0 Å². The van der Waals surface area contributed by atoms with E-state index < -0.39 is 0 Å². The van der Waals surface area contributed by atoms with Gasteiger partial charge in [-0.25, -0.2) is 0 Å². The van der Waals surface area contributed by atoms with Crippen molar-refractivity contribution < 1.29 is 0 Å². The number of rotatable bonds is 2. The largest absolute Gasteiger partial charge is 0.358 e. The molecule has 0 bridgehead atoms. The summed E-state index contributed by atoms with van der Waals surface area (Å²) < 4.78 is 0. The molecule has 2 aromatic rings. The van der Waals surface area contributed by atoms with Crippen LogP contribution in [-0.4, -0.2) is 12.0 Å². The standard InChI is InChI=1S/C14H20N2/c1-8-6-9(2)13-12(7-8)16-11(4)14(13)10(3)15-5/h6-7,10,15-16H,1-5H3. The minimum atomic E-state index is 0.384. The maximum absolute atomic E-state index is 3.48. The highest BCUT2D eigenvalue weighted by Crippen LogP contribution is 2.30. The van der Waals surface area contributed by atoms with Gasteiger partial charge in [0.25, 0.3) is 0 Å². The van der Waals surface area contributed by atoms with Crippen LogP contribution in [0.15, 0.2) is 12.1 Å². The second-order valence-electron chi connectivity index (χ2n) is 4.68. The van der Waals surface area contributed by atoms with Gasteiger partial charge in [-0.15, -0.1) is 0 Å². The van der Waals surface area contributed by atoms with Crippen molar-refractivity contribution in [3.05, 3.63) is 34.5 Å². The Balaban J connectivity index is 2.78. The fourth-order valence-corrected chi connectivity index (χ4v) is 2.57. The lowest BCUT2D eigenvalue weighted by Gasteiger charge is -2.12. The number of benzene rings is 1. The third-order valence-electron chi connectivity index (χ3n) is 3.34. The van der Waals surface area contributed by atoms with Crippen molar-refractivity contribution in [2.75, 3.05) is 7.05 Å². The number of hydrogen-bond acceptors (Lipinski definition) is 1. The minimum Gasteiger partial charge on any atom is -0.358 e. The zero-order valence-corrected chi connectivity index (χ0v) is 10.7. The molecule has 0 radical (unpaired) electrons. The SMILES string of the molecule is CNC(C)c1c(C)[nH]c2cc(C)cc(C)c12. The molecular weight excluding hydrogens is 196 g/mol. The van der Waals surface area contributed by atoms with Crippen molar-refractivity contribution in [3.63, 3.8) is 0 Å². The summed E-state index contributed by atoms with van der Waals surface area (Å²) in [7, 11) is 2.01. The van der Waals surface area contributed by atoms with Crippen molar-refractivity contribution in [1.29, 1.82) is 0 Å². The van der Waals surface area contributed by atoms with Crippen LogP contribution in [0.4, 0.5) is 0 Å². The van der Waals surface area contributed by atoms with Gasteiger partial charge in [0, 0.05) is 22.6 Å². The van der Waals surface area contributed by atoms with Crippen molar-refractivity contribution in [1.82, 2.24) is 10.3 Å². The van der Waals surface area contributed by atoms with Crippen molar-refractivity contribution >= 4 is 10.9 Å². The van der Waals surface area contributed by atoms with E-state index in [2.05, 4.69) is 50.1 Å². The van der Waals surface area contributed by atoms with E-state index in [1.54, 1.807) is 0 Å². The van der Waals surface area contributed by atoms with Crippen LogP contribution in [0.25, 0.3) is 10.9 Å². The van der Waals surface area contributed by atoms with E-state index in [4.69, 9.17) is 0 Å². The molecule has 0 aliphatic heterocycles. The molecule has 1 unspecified atom stereocenters. The van der Waals surface area contributed by atoms with Crippen LogP contribution < -0.4 is 5.32 Å². The van der Waals surface area contributed by atoms with Crippen LogP contribution in [0.1, 0.15) is 35.3 Å². The van der Waals surface area contributed by atoms with E-state index in [0.29, 0.717) is 6.04 Å². The average molecular weight is 216 g/mol. The monoisotopic (exact) mass is 216 g/mol. The van der Waals surface area contributed by atoms with Crippen molar-refractivity contribution in [3.8, 4) is 0 Å². The molecule has 0 fully saturated rings. The van der Waals surface area contributed by atoms with Gasteiger partial charge in [0.15, 0.2) is 0 Å². The van der Waals surface area contributed by atoms with E-state index in [-0.39, 0.29) is 0 Å². The van der Waals surface area contributed by atoms with E-state index >= 15 is 0 Å². The normalized spacial score (nSPS) is 13.3. The molecule has 0 saturated carbocycles. The second-order valence-corrected chi connectivity index (χ2v) is 4.68. The zero-order chi connectivity index (χ0) is 11.9. The Labute approximate surface area is 97.1 Å². The van der Waals surface area contributed by atoms with Crippen LogP contribution in [0.5, 0.6) is 0 Å². The summed E-state index contributed by atoms with van der Waals surface area (Å²) in [6.45, 7) is 8.69. The van der Waals surface area contributed by atoms with Gasteiger partial charge in [0.1, 0.15) is 0 Å². The molecular formula is C14H20N2. The molecule has 2 rings (SSSR count). The highest BCUT2D eigenvalue weighted by molar-refractivity contribution is 5.88. The Morgan fingerprint density at radius 2 is 1.88 bits per heavy atom. The maximum Gasteiger partial charge on any atom is 0.0464 e. The predicted molar refractivity (Wildman–Crippen MR) is 70.0 cm³/mol. The third-order valence-corrected chi connectivity index (χ3v) is 3.34. The van der Waals surface area contributed by atoms with Gasteiger partial charge in [0.2, 0.25) is 0 Å². The summed E-state index contributed by atoms with van der Waals surface area (Å²) in [5, 5.41) is 4.70. The summed E-state index contributed by atoms with van der Waals surface area (Å²) in [6.07, 6.45) is 0. The molecule has 0 spiro atoms. The first-order chi connectivity index (χ1) is 7.54. The van der Waals surface area contributed by atoms with Gasteiger partial charge in [-0.1, -0.05) is 6.07 Å². The van der Waals surface area contributed by atoms with E-state index in [1.807, 2.05) is 7.05 Å². The molecule has 1 heterocycles. The molecule has 1 aromatic heterocycles. The van der Waals surface area contributed by atoms with Gasteiger partial charge in [-0.05, 0) is 57.5 Å². The summed E-state index contributed by atoms with van der Waals surface area (Å²) in [5.41, 5.74) is 6.60. The first-order valence-electron chi connectivity index (χ1n) is 5.81. The first-order valence-corrected chi connectivity index (χ1v) is 5.81. The van der Waals surface area contributed by atoms with E-state index in [1.165, 1.54) is 33.3 Å². The van der Waals surface area contributed by atoms with Crippen LogP contribution in [0.2, 0.25) is 0 Å². The molecule has 2 N–H and O–H groups in total. The summed E-state index contributed by atoms with van der Waals surface area (Å²) in [5.74, 6) is 0. The number of fused-ring (bicyclic) bond motifs is 1. The number of aryl methyl sites for hydroxylation is 3. The minimum absolute atomic E-state index is 0.384. The first kappa shape index (κ1) is 11.2. The van der Waals surface area contributed by atoms with Gasteiger partial charge in [-0.2, -0.15) is 0 Å². The van der Waals surface area contributed by atoms with Crippen molar-refractivity contribution in [2.24, 2.45) is 0 Å². The quantitative estimate of drug-likeness (QED) is 0.791. The molecule has 0 amide bonds. The topological polar surface area (TPSA) is 27.8 Å². The predicted octanol–water partition coefficient (Wildman–Crippen LogP) is 3.37. The molecule has 2 heteroatoms. The lowest BCUT2D eigenvalue weighted by Crippen LogP contribution is -2.13. The molecule has 1 aromatic carbocycles. The second kappa shape index (κ2) is 3.95. The van der Waals surface area contributed by atoms with E-state index in [0.717, 1.165) is 0 Å². The molecule has 86 valence electrons. The molecule has 1 atom stereocenters. The summed E-state index contributed by atoms with van der Waals surface area (Å²) in [6, 6.07) is 4.86. The Kier molecular flexibility index (Phi) is 2.76. The van der Waals surface area contributed by atoms with Crippen LogP contribution in [0, 0.1) is 20.8 Å². The Morgan fingerprint density at radius 3 is 2.50 bits per heavy atom. The fraction of sp³-hybridized carbons (Fsp3) is 0.429. The Morgan fingerprint density at radius 1 is 1.19 bits per heavy atom. The highest BCUT2D eigenvalue weighted by atomic mass is 14.9. The molecule has 0 saturated heterocycles. The van der Waals surface area contributed by atoms with Crippen LogP contribution >= 0.6 is 0 Å². The number of aromatic amines is 1. The van der Waals surface area contributed by atoms with Crippen molar-refractivity contribution in [2.45, 2.75) is 33.7 Å². The van der Waals surface area contributed by atoms with Gasteiger partial charge in [-0.3, -0.25) is 0 Å². The molecule has 0 aliphatic rings. The average Bonchev–Trinajstić information content (AvgIpc) is 2.53. The lowest BCUT2D eigenvalue weighted by molar-refractivity contribution is 0.652. The van der Waals surface area contributed by atoms with Gasteiger partial charge in [0.05, 0.1) is 0 Å². The number of nitrogens with one attached hydrogen (secondary N) is 2. The lowest BCUT2D eigenvalue weighted by atomic mass is 9.99. The number of hydrogen-bond donors (Lipinski definition) is 2. The van der Waals surface area contributed by atoms with Gasteiger partial charge < -0.3 is 10.3 Å². The summed E-state index contributed by atoms with van der Waals surface area (Å²) in [4.78, 5) is 3.48. The highest BCUT2D eigenvalue weighted by Gasteiger charge is 2.15. The number of H-pyrrole nitrogens is 1. The number of aromatic nitrogens is 1. The molecule has 2 nitrogen and oxygen atoms in total. The maximum atomic E-state index is 3.48. The fourth-order valence-electron chi connectivity index (χ4n) is 2.57. The summed E-state index contributed by atoms with van der Waals surface area (Å²) >= 11 is 0. The van der Waals surface area contributed by atoms with E-state index in [9.17, 15) is 0 Å². The van der Waals surface area contributed by atoms with Crippen LogP contribution in [-0.2, 0) is 0 Å². The van der Waals surface area contributed by atoms with Gasteiger partial charge >= 0.3 is 0 Å². The Bertz CT molecular complexity index is 523. The molecule has 0 aliphatic carbocycles.